The third kappa shape index (κ3) is 3.53. The highest BCUT2D eigenvalue weighted by molar-refractivity contribution is 6.17. The van der Waals surface area contributed by atoms with E-state index in [-0.39, 0.29) is 0 Å². The lowest BCUT2D eigenvalue weighted by atomic mass is 10.1. The Balaban J connectivity index is 1.72. The lowest BCUT2D eigenvalue weighted by Crippen LogP contribution is -2.08. The molecule has 0 saturated carbocycles. The van der Waals surface area contributed by atoms with Gasteiger partial charge in [0.25, 0.3) is 0 Å². The molecule has 1 aliphatic rings. The van der Waals surface area contributed by atoms with Crippen molar-refractivity contribution < 1.29 is 0 Å². The summed E-state index contributed by atoms with van der Waals surface area (Å²) in [6.45, 7) is 0.784. The molecule has 1 aliphatic carbocycles. The Hall–Kier alpha value is -1.61. The molecule has 0 radical (unpaired) electrons. The van der Waals surface area contributed by atoms with Gasteiger partial charge in [-0.3, -0.25) is 0 Å². The quantitative estimate of drug-likeness (QED) is 0.682. The number of aryl methyl sites for hydroxylation is 1. The van der Waals surface area contributed by atoms with Gasteiger partial charge in [-0.25, -0.2) is 9.97 Å². The molecule has 0 saturated heterocycles. The minimum absolute atomic E-state index is 0.563. The average Bonchev–Trinajstić information content (AvgIpc) is 2.79. The fourth-order valence-electron chi connectivity index (χ4n) is 2.78. The monoisotopic (exact) mass is 301 g/mol. The summed E-state index contributed by atoms with van der Waals surface area (Å²) < 4.78 is 0. The molecule has 1 N–H and O–H groups in total. The molecule has 21 heavy (non-hydrogen) atoms. The second-order valence-corrected chi connectivity index (χ2v) is 5.78. The third-order valence-electron chi connectivity index (χ3n) is 4.01. The first kappa shape index (κ1) is 14.3. The van der Waals surface area contributed by atoms with E-state index >= 15 is 0 Å². The highest BCUT2D eigenvalue weighted by Gasteiger charge is 2.13. The predicted molar refractivity (Wildman–Crippen MR) is 86.6 cm³/mol. The summed E-state index contributed by atoms with van der Waals surface area (Å²) in [5.74, 6) is 1.57. The van der Waals surface area contributed by atoms with Gasteiger partial charge in [-0.1, -0.05) is 30.7 Å². The van der Waals surface area contributed by atoms with E-state index in [0.717, 1.165) is 30.8 Å². The Morgan fingerprint density at radius 3 is 2.52 bits per heavy atom. The summed E-state index contributed by atoms with van der Waals surface area (Å²) in [6, 6.07) is 8.38. The molecule has 0 spiro atoms. The molecule has 0 amide bonds. The Kier molecular flexibility index (Phi) is 4.71. The Labute approximate surface area is 130 Å². The van der Waals surface area contributed by atoms with Gasteiger partial charge in [0, 0.05) is 23.7 Å². The van der Waals surface area contributed by atoms with Crippen molar-refractivity contribution in [1.82, 2.24) is 9.97 Å². The molecule has 0 unspecified atom stereocenters. The number of hydrogen-bond acceptors (Lipinski definition) is 3. The van der Waals surface area contributed by atoms with Crippen LogP contribution in [0.5, 0.6) is 0 Å². The molecule has 0 fully saturated rings. The molecule has 0 aliphatic heterocycles. The van der Waals surface area contributed by atoms with Crippen LogP contribution in [-0.4, -0.2) is 9.97 Å². The number of fused-ring (bicyclic) bond motifs is 1. The van der Waals surface area contributed by atoms with Gasteiger partial charge < -0.3 is 5.32 Å². The Bertz CT molecular complexity index is 595. The molecule has 1 aromatic heterocycles. The van der Waals surface area contributed by atoms with Crippen molar-refractivity contribution >= 4 is 17.4 Å². The fraction of sp³-hybridized carbons (Fsp3) is 0.412. The first-order valence-electron chi connectivity index (χ1n) is 7.57. The summed E-state index contributed by atoms with van der Waals surface area (Å²) >= 11 is 5.81. The molecule has 1 aromatic carbocycles. The van der Waals surface area contributed by atoms with Gasteiger partial charge in [-0.15, -0.1) is 11.6 Å². The van der Waals surface area contributed by atoms with Gasteiger partial charge in [0.1, 0.15) is 12.1 Å². The standard InChI is InChI=1S/C17H20ClN3/c18-10-13-6-8-14(9-7-13)11-19-17-15-4-2-1-3-5-16(15)20-12-21-17/h6-9,12H,1-5,10-11H2,(H,19,20,21). The Morgan fingerprint density at radius 2 is 1.71 bits per heavy atom. The van der Waals surface area contributed by atoms with Crippen LogP contribution in [-0.2, 0) is 25.3 Å². The smallest absolute Gasteiger partial charge is 0.133 e. The number of hydrogen-bond donors (Lipinski definition) is 1. The summed E-state index contributed by atoms with van der Waals surface area (Å²) in [5, 5.41) is 3.47. The number of benzene rings is 1. The molecule has 3 rings (SSSR count). The summed E-state index contributed by atoms with van der Waals surface area (Å²) in [7, 11) is 0. The normalized spacial score (nSPS) is 14.3. The summed E-state index contributed by atoms with van der Waals surface area (Å²) in [5.41, 5.74) is 4.93. The van der Waals surface area contributed by atoms with Gasteiger partial charge in [0.15, 0.2) is 0 Å². The molecule has 0 bridgehead atoms. The zero-order chi connectivity index (χ0) is 14.5. The third-order valence-corrected chi connectivity index (χ3v) is 4.32. The SMILES string of the molecule is ClCc1ccc(CNc2ncnc3c2CCCCC3)cc1. The maximum Gasteiger partial charge on any atom is 0.133 e. The zero-order valence-corrected chi connectivity index (χ0v) is 12.9. The summed E-state index contributed by atoms with van der Waals surface area (Å²) in [6.07, 6.45) is 7.61. The van der Waals surface area contributed by atoms with Crippen LogP contribution in [0.25, 0.3) is 0 Å². The van der Waals surface area contributed by atoms with Crippen molar-refractivity contribution in [1.29, 1.82) is 0 Å². The molecule has 4 heteroatoms. The van der Waals surface area contributed by atoms with Crippen LogP contribution in [0.3, 0.4) is 0 Å². The van der Waals surface area contributed by atoms with E-state index in [1.165, 1.54) is 36.1 Å². The highest BCUT2D eigenvalue weighted by atomic mass is 35.5. The first-order valence-corrected chi connectivity index (χ1v) is 8.10. The highest BCUT2D eigenvalue weighted by Crippen LogP contribution is 2.24. The second kappa shape index (κ2) is 6.90. The molecular formula is C17H20ClN3. The van der Waals surface area contributed by atoms with Gasteiger partial charge in [0.2, 0.25) is 0 Å². The first-order chi connectivity index (χ1) is 10.4. The van der Waals surface area contributed by atoms with Crippen LogP contribution in [0.15, 0.2) is 30.6 Å². The van der Waals surface area contributed by atoms with E-state index in [1.54, 1.807) is 6.33 Å². The van der Waals surface area contributed by atoms with E-state index in [4.69, 9.17) is 11.6 Å². The van der Waals surface area contributed by atoms with Crippen molar-refractivity contribution in [2.75, 3.05) is 5.32 Å². The lowest BCUT2D eigenvalue weighted by Gasteiger charge is -2.12. The Morgan fingerprint density at radius 1 is 0.952 bits per heavy atom. The van der Waals surface area contributed by atoms with Crippen molar-refractivity contribution in [3.63, 3.8) is 0 Å². The van der Waals surface area contributed by atoms with E-state index < -0.39 is 0 Å². The molecule has 3 nitrogen and oxygen atoms in total. The number of rotatable bonds is 4. The fourth-order valence-corrected chi connectivity index (χ4v) is 2.96. The van der Waals surface area contributed by atoms with Crippen LogP contribution >= 0.6 is 11.6 Å². The minimum Gasteiger partial charge on any atom is -0.366 e. The maximum atomic E-state index is 5.81. The van der Waals surface area contributed by atoms with Crippen molar-refractivity contribution in [3.05, 3.63) is 53.0 Å². The van der Waals surface area contributed by atoms with Crippen LogP contribution in [0.2, 0.25) is 0 Å². The molecular weight excluding hydrogens is 282 g/mol. The van der Waals surface area contributed by atoms with Gasteiger partial charge in [0.05, 0.1) is 0 Å². The van der Waals surface area contributed by atoms with E-state index in [9.17, 15) is 0 Å². The van der Waals surface area contributed by atoms with Crippen LogP contribution in [0.4, 0.5) is 5.82 Å². The van der Waals surface area contributed by atoms with Gasteiger partial charge in [-0.2, -0.15) is 0 Å². The van der Waals surface area contributed by atoms with E-state index in [2.05, 4.69) is 39.6 Å². The van der Waals surface area contributed by atoms with Crippen LogP contribution < -0.4 is 5.32 Å². The number of nitrogens with zero attached hydrogens (tertiary/aromatic N) is 2. The predicted octanol–water partition coefficient (Wildman–Crippen LogP) is 4.10. The van der Waals surface area contributed by atoms with Gasteiger partial charge >= 0.3 is 0 Å². The lowest BCUT2D eigenvalue weighted by molar-refractivity contribution is 0.709. The number of alkyl halides is 1. The van der Waals surface area contributed by atoms with E-state index in [0.29, 0.717) is 5.88 Å². The zero-order valence-electron chi connectivity index (χ0n) is 12.1. The largest absolute Gasteiger partial charge is 0.366 e. The van der Waals surface area contributed by atoms with Crippen molar-refractivity contribution in [3.8, 4) is 0 Å². The number of anilines is 1. The van der Waals surface area contributed by atoms with E-state index in [1.807, 2.05) is 0 Å². The van der Waals surface area contributed by atoms with Crippen LogP contribution in [0.1, 0.15) is 41.6 Å². The van der Waals surface area contributed by atoms with Gasteiger partial charge in [-0.05, 0) is 36.8 Å². The second-order valence-electron chi connectivity index (χ2n) is 5.51. The molecule has 1 heterocycles. The molecule has 110 valence electrons. The number of aromatic nitrogens is 2. The van der Waals surface area contributed by atoms with Crippen molar-refractivity contribution in [2.45, 2.75) is 44.5 Å². The number of halogens is 1. The minimum atomic E-state index is 0.563. The average molecular weight is 302 g/mol. The van der Waals surface area contributed by atoms with Crippen LogP contribution in [0, 0.1) is 0 Å². The summed E-state index contributed by atoms with van der Waals surface area (Å²) in [4.78, 5) is 8.89. The number of nitrogens with one attached hydrogen (secondary N) is 1. The van der Waals surface area contributed by atoms with Crippen molar-refractivity contribution in [2.24, 2.45) is 0 Å². The topological polar surface area (TPSA) is 37.8 Å². The molecule has 0 atom stereocenters. The molecule has 2 aromatic rings. The maximum absolute atomic E-state index is 5.81.